The number of nitrogens with one attached hydrogen (secondary N) is 1. The molecule has 4 rings (SSSR count). The molecule has 0 bridgehead atoms. The highest BCUT2D eigenvalue weighted by molar-refractivity contribution is 6.32. The Labute approximate surface area is 201 Å². The van der Waals surface area contributed by atoms with E-state index in [1.165, 1.54) is 21.6 Å². The number of halogens is 2. The van der Waals surface area contributed by atoms with Gasteiger partial charge in [-0.2, -0.15) is 0 Å². The number of carbonyl (C=O) groups excluding carboxylic acids is 1. The van der Waals surface area contributed by atoms with Crippen LogP contribution in [-0.4, -0.2) is 27.0 Å². The van der Waals surface area contributed by atoms with Crippen molar-refractivity contribution in [3.63, 3.8) is 0 Å². The summed E-state index contributed by atoms with van der Waals surface area (Å²) in [7, 11) is 0. The molecule has 1 N–H and O–H groups in total. The molecule has 0 saturated heterocycles. The number of benzene rings is 3. The summed E-state index contributed by atoms with van der Waals surface area (Å²) < 4.78 is 15.6. The number of amides is 2. The Kier molecular flexibility index (Phi) is 6.93. The molecule has 0 fully saturated rings. The smallest absolute Gasteiger partial charge is 0.315 e. The number of aromatic nitrogens is 2. The zero-order chi connectivity index (χ0) is 24.2. The molecule has 4 aromatic rings. The molecule has 6 nitrogen and oxygen atoms in total. The first-order valence-electron chi connectivity index (χ1n) is 11.0. The summed E-state index contributed by atoms with van der Waals surface area (Å²) >= 11 is 6.46. The zero-order valence-electron chi connectivity index (χ0n) is 18.8. The quantitative estimate of drug-likeness (QED) is 0.359. The highest BCUT2D eigenvalue weighted by Gasteiger charge is 2.27. The van der Waals surface area contributed by atoms with Crippen LogP contribution in [0.4, 0.5) is 14.9 Å². The minimum absolute atomic E-state index is 0.0794. The van der Waals surface area contributed by atoms with Gasteiger partial charge in [0.25, 0.3) is 5.56 Å². The van der Waals surface area contributed by atoms with Crippen LogP contribution < -0.4 is 10.9 Å². The van der Waals surface area contributed by atoms with E-state index in [1.54, 1.807) is 67.6 Å². The van der Waals surface area contributed by atoms with Crippen molar-refractivity contribution in [3.8, 4) is 5.69 Å². The SMILES string of the molecule is CCCN(C(=O)Nc1ccccc1F)C(C)c1nc2ccccc2c(=O)n1-c1ccccc1Cl. The Morgan fingerprint density at radius 2 is 1.76 bits per heavy atom. The van der Waals surface area contributed by atoms with Crippen LogP contribution in [0.15, 0.2) is 77.6 Å². The van der Waals surface area contributed by atoms with Crippen LogP contribution in [0.2, 0.25) is 5.02 Å². The molecule has 174 valence electrons. The third kappa shape index (κ3) is 4.52. The monoisotopic (exact) mass is 478 g/mol. The van der Waals surface area contributed by atoms with Gasteiger partial charge in [-0.25, -0.2) is 14.2 Å². The number of urea groups is 1. The lowest BCUT2D eigenvalue weighted by Gasteiger charge is -2.30. The predicted molar refractivity (Wildman–Crippen MR) is 133 cm³/mol. The van der Waals surface area contributed by atoms with Crippen LogP contribution in [0.25, 0.3) is 16.6 Å². The number of hydrogen-bond donors (Lipinski definition) is 1. The summed E-state index contributed by atoms with van der Waals surface area (Å²) in [6.45, 7) is 4.10. The van der Waals surface area contributed by atoms with Crippen LogP contribution in [-0.2, 0) is 0 Å². The summed E-state index contributed by atoms with van der Waals surface area (Å²) in [5.74, 6) is -0.175. The second-order valence-electron chi connectivity index (χ2n) is 7.86. The maximum absolute atomic E-state index is 14.2. The van der Waals surface area contributed by atoms with Gasteiger partial charge < -0.3 is 10.2 Å². The van der Waals surface area contributed by atoms with Gasteiger partial charge >= 0.3 is 6.03 Å². The highest BCUT2D eigenvalue weighted by atomic mass is 35.5. The third-order valence-electron chi connectivity index (χ3n) is 5.58. The van der Waals surface area contributed by atoms with E-state index in [4.69, 9.17) is 16.6 Å². The van der Waals surface area contributed by atoms with E-state index in [9.17, 15) is 14.0 Å². The molecule has 1 heterocycles. The molecule has 0 aliphatic rings. The number of para-hydroxylation sites is 3. The Morgan fingerprint density at radius 1 is 1.09 bits per heavy atom. The molecular weight excluding hydrogens is 455 g/mol. The number of anilines is 1. The van der Waals surface area contributed by atoms with Gasteiger partial charge in [-0.15, -0.1) is 0 Å². The molecule has 0 spiro atoms. The van der Waals surface area contributed by atoms with E-state index < -0.39 is 17.9 Å². The molecule has 0 aliphatic carbocycles. The van der Waals surface area contributed by atoms with Gasteiger partial charge in [0, 0.05) is 6.54 Å². The van der Waals surface area contributed by atoms with Gasteiger partial charge in [0.1, 0.15) is 11.6 Å². The van der Waals surface area contributed by atoms with Gasteiger partial charge in [-0.05, 0) is 49.7 Å². The summed E-state index contributed by atoms with van der Waals surface area (Å²) in [6, 6.07) is 18.9. The molecule has 1 atom stereocenters. The lowest BCUT2D eigenvalue weighted by molar-refractivity contribution is 0.189. The fourth-order valence-electron chi connectivity index (χ4n) is 3.90. The minimum atomic E-state index is -0.625. The van der Waals surface area contributed by atoms with E-state index in [-0.39, 0.29) is 11.2 Å². The van der Waals surface area contributed by atoms with Gasteiger partial charge in [0.05, 0.1) is 33.3 Å². The van der Waals surface area contributed by atoms with Gasteiger partial charge in [0.15, 0.2) is 0 Å². The van der Waals surface area contributed by atoms with Crippen molar-refractivity contribution in [2.45, 2.75) is 26.3 Å². The van der Waals surface area contributed by atoms with E-state index in [0.717, 1.165) is 0 Å². The number of rotatable bonds is 6. The topological polar surface area (TPSA) is 67.2 Å². The third-order valence-corrected chi connectivity index (χ3v) is 5.90. The fourth-order valence-corrected chi connectivity index (χ4v) is 4.12. The van der Waals surface area contributed by atoms with Gasteiger partial charge in [0.2, 0.25) is 0 Å². The normalized spacial score (nSPS) is 11.9. The summed E-state index contributed by atoms with van der Waals surface area (Å²) in [4.78, 5) is 33.1. The average molecular weight is 479 g/mol. The fraction of sp³-hybridized carbons (Fsp3) is 0.192. The van der Waals surface area contributed by atoms with Crippen LogP contribution in [0, 0.1) is 5.82 Å². The maximum atomic E-state index is 14.2. The maximum Gasteiger partial charge on any atom is 0.322 e. The number of hydrogen-bond acceptors (Lipinski definition) is 3. The van der Waals surface area contributed by atoms with Crippen molar-refractivity contribution < 1.29 is 9.18 Å². The van der Waals surface area contributed by atoms with Crippen LogP contribution >= 0.6 is 11.6 Å². The summed E-state index contributed by atoms with van der Waals surface area (Å²) in [5.41, 5.74) is 0.783. The molecule has 1 aromatic heterocycles. The van der Waals surface area contributed by atoms with Crippen LogP contribution in [0.5, 0.6) is 0 Å². The Balaban J connectivity index is 1.85. The van der Waals surface area contributed by atoms with E-state index >= 15 is 0 Å². The van der Waals surface area contributed by atoms with Crippen LogP contribution in [0.1, 0.15) is 32.1 Å². The number of fused-ring (bicyclic) bond motifs is 1. The largest absolute Gasteiger partial charge is 0.322 e. The Morgan fingerprint density at radius 3 is 2.50 bits per heavy atom. The first kappa shape index (κ1) is 23.4. The Hall–Kier alpha value is -3.71. The first-order valence-corrected chi connectivity index (χ1v) is 11.4. The van der Waals surface area contributed by atoms with Crippen molar-refractivity contribution in [2.75, 3.05) is 11.9 Å². The lowest BCUT2D eigenvalue weighted by atomic mass is 10.2. The van der Waals surface area contributed by atoms with Crippen molar-refractivity contribution >= 4 is 34.2 Å². The second-order valence-corrected chi connectivity index (χ2v) is 8.27. The Bertz CT molecular complexity index is 1410. The number of nitrogens with zero attached hydrogens (tertiary/aromatic N) is 3. The summed E-state index contributed by atoms with van der Waals surface area (Å²) in [5, 5.41) is 3.46. The predicted octanol–water partition coefficient (Wildman–Crippen LogP) is 6.18. The standard InChI is InChI=1S/C26H24ClFN4O2/c1-3-16-31(26(34)30-22-14-8-6-12-20(22)28)17(2)24-29-21-13-7-4-10-18(21)25(33)32(24)23-15-9-5-11-19(23)27/h4-15,17H,3,16H2,1-2H3,(H,30,34). The average Bonchev–Trinajstić information content (AvgIpc) is 2.84. The molecule has 2 amide bonds. The highest BCUT2D eigenvalue weighted by Crippen LogP contribution is 2.27. The van der Waals surface area contributed by atoms with E-state index in [1.807, 2.05) is 6.92 Å². The molecule has 34 heavy (non-hydrogen) atoms. The first-order chi connectivity index (χ1) is 16.4. The van der Waals surface area contributed by atoms with Gasteiger partial charge in [-0.3, -0.25) is 9.36 Å². The van der Waals surface area contributed by atoms with Crippen molar-refractivity contribution in [1.82, 2.24) is 14.5 Å². The molecule has 0 radical (unpaired) electrons. The van der Waals surface area contributed by atoms with E-state index in [2.05, 4.69) is 5.32 Å². The van der Waals surface area contributed by atoms with Crippen LogP contribution in [0.3, 0.4) is 0 Å². The lowest BCUT2D eigenvalue weighted by Crippen LogP contribution is -2.40. The van der Waals surface area contributed by atoms with Crippen molar-refractivity contribution in [3.05, 3.63) is 99.8 Å². The molecule has 0 aliphatic heterocycles. The second kappa shape index (κ2) is 10.1. The number of carbonyl (C=O) groups is 1. The van der Waals surface area contributed by atoms with Crippen molar-refractivity contribution in [1.29, 1.82) is 0 Å². The molecule has 0 saturated carbocycles. The minimum Gasteiger partial charge on any atom is -0.315 e. The molecule has 1 unspecified atom stereocenters. The molecular formula is C26H24ClFN4O2. The zero-order valence-corrected chi connectivity index (χ0v) is 19.6. The van der Waals surface area contributed by atoms with Gasteiger partial charge in [-0.1, -0.05) is 54.9 Å². The molecule has 3 aromatic carbocycles. The van der Waals surface area contributed by atoms with Crippen molar-refractivity contribution in [2.24, 2.45) is 0 Å². The van der Waals surface area contributed by atoms with E-state index in [0.29, 0.717) is 40.4 Å². The summed E-state index contributed by atoms with van der Waals surface area (Å²) in [6.07, 6.45) is 0.652. The molecule has 8 heteroatoms.